The van der Waals surface area contributed by atoms with Crippen molar-refractivity contribution in [3.63, 3.8) is 0 Å². The van der Waals surface area contributed by atoms with Crippen molar-refractivity contribution >= 4 is 23.2 Å². The smallest absolute Gasteiger partial charge is 0.0761 e. The van der Waals surface area contributed by atoms with E-state index in [-0.39, 0.29) is 0 Å². The Morgan fingerprint density at radius 2 is 1.50 bits per heavy atom. The zero-order valence-electron chi connectivity index (χ0n) is 8.11. The standard InChI is InChI=1S/C12H6Cl2N2/c13-11-7-16-8-12(14)10(11)2-1-9-3-5-15-6-4-9/h3-8H. The Labute approximate surface area is 103 Å². The fraction of sp³-hybridized carbons (Fsp3) is 0. The number of aromatic nitrogens is 2. The first-order valence-corrected chi connectivity index (χ1v) is 5.24. The highest BCUT2D eigenvalue weighted by atomic mass is 35.5. The lowest BCUT2D eigenvalue weighted by Gasteiger charge is -1.96. The van der Waals surface area contributed by atoms with E-state index < -0.39 is 0 Å². The maximum atomic E-state index is 5.93. The summed E-state index contributed by atoms with van der Waals surface area (Å²) in [6.45, 7) is 0. The van der Waals surface area contributed by atoms with Gasteiger partial charge in [-0.2, -0.15) is 0 Å². The SMILES string of the molecule is Clc1cncc(Cl)c1C#Cc1ccncc1. The van der Waals surface area contributed by atoms with Crippen molar-refractivity contribution < 1.29 is 0 Å². The summed E-state index contributed by atoms with van der Waals surface area (Å²) < 4.78 is 0. The molecule has 2 heterocycles. The molecule has 0 saturated carbocycles. The van der Waals surface area contributed by atoms with Crippen LogP contribution in [0.1, 0.15) is 11.1 Å². The van der Waals surface area contributed by atoms with Crippen molar-refractivity contribution in [3.8, 4) is 11.8 Å². The Kier molecular flexibility index (Phi) is 3.40. The van der Waals surface area contributed by atoms with E-state index in [0.717, 1.165) is 5.56 Å². The van der Waals surface area contributed by atoms with E-state index in [2.05, 4.69) is 21.8 Å². The van der Waals surface area contributed by atoms with Crippen LogP contribution in [0.4, 0.5) is 0 Å². The molecule has 0 aromatic carbocycles. The quantitative estimate of drug-likeness (QED) is 0.670. The molecule has 0 bridgehead atoms. The van der Waals surface area contributed by atoms with Gasteiger partial charge in [0, 0.05) is 30.4 Å². The monoisotopic (exact) mass is 248 g/mol. The van der Waals surface area contributed by atoms with Crippen LogP contribution in [-0.4, -0.2) is 9.97 Å². The van der Waals surface area contributed by atoms with Crippen LogP contribution >= 0.6 is 23.2 Å². The number of rotatable bonds is 0. The zero-order chi connectivity index (χ0) is 11.4. The van der Waals surface area contributed by atoms with Crippen LogP contribution in [0.15, 0.2) is 36.9 Å². The van der Waals surface area contributed by atoms with Crippen LogP contribution in [-0.2, 0) is 0 Å². The van der Waals surface area contributed by atoms with Crippen molar-refractivity contribution in [3.05, 3.63) is 58.1 Å². The molecule has 0 atom stereocenters. The summed E-state index contributed by atoms with van der Waals surface area (Å²) in [4.78, 5) is 7.76. The van der Waals surface area contributed by atoms with Gasteiger partial charge in [0.05, 0.1) is 15.6 Å². The Hall–Kier alpha value is -1.56. The molecular weight excluding hydrogens is 243 g/mol. The molecule has 2 aromatic heterocycles. The Morgan fingerprint density at radius 1 is 0.875 bits per heavy atom. The third-order valence-electron chi connectivity index (χ3n) is 1.87. The van der Waals surface area contributed by atoms with E-state index in [1.54, 1.807) is 12.4 Å². The van der Waals surface area contributed by atoms with Crippen molar-refractivity contribution in [1.29, 1.82) is 0 Å². The minimum Gasteiger partial charge on any atom is -0.265 e. The van der Waals surface area contributed by atoms with Crippen molar-refractivity contribution in [2.75, 3.05) is 0 Å². The summed E-state index contributed by atoms with van der Waals surface area (Å²) in [6, 6.07) is 3.63. The number of hydrogen-bond acceptors (Lipinski definition) is 2. The first-order chi connectivity index (χ1) is 7.77. The third kappa shape index (κ3) is 2.52. The van der Waals surface area contributed by atoms with Gasteiger partial charge in [-0.05, 0) is 12.1 Å². The Balaban J connectivity index is 2.39. The number of halogens is 2. The normalized spacial score (nSPS) is 9.38. The van der Waals surface area contributed by atoms with Crippen LogP contribution in [0.25, 0.3) is 0 Å². The summed E-state index contributed by atoms with van der Waals surface area (Å²) in [7, 11) is 0. The van der Waals surface area contributed by atoms with E-state index in [1.165, 1.54) is 12.4 Å². The van der Waals surface area contributed by atoms with Crippen molar-refractivity contribution in [2.45, 2.75) is 0 Å². The van der Waals surface area contributed by atoms with Crippen molar-refractivity contribution in [2.24, 2.45) is 0 Å². The molecule has 0 aliphatic carbocycles. The minimum absolute atomic E-state index is 0.453. The molecule has 0 radical (unpaired) electrons. The molecule has 0 fully saturated rings. The molecule has 2 aromatic rings. The van der Waals surface area contributed by atoms with Gasteiger partial charge in [-0.1, -0.05) is 35.0 Å². The maximum Gasteiger partial charge on any atom is 0.0761 e. The van der Waals surface area contributed by atoms with Gasteiger partial charge in [0.15, 0.2) is 0 Å². The summed E-state index contributed by atoms with van der Waals surface area (Å²) in [5, 5.41) is 0.906. The molecule has 0 amide bonds. The highest BCUT2D eigenvalue weighted by Crippen LogP contribution is 2.21. The third-order valence-corrected chi connectivity index (χ3v) is 2.44. The lowest BCUT2D eigenvalue weighted by Crippen LogP contribution is -1.82. The highest BCUT2D eigenvalue weighted by molar-refractivity contribution is 6.36. The minimum atomic E-state index is 0.453. The molecule has 0 N–H and O–H groups in total. The van der Waals surface area contributed by atoms with Gasteiger partial charge in [0.25, 0.3) is 0 Å². The Morgan fingerprint density at radius 3 is 2.12 bits per heavy atom. The fourth-order valence-electron chi connectivity index (χ4n) is 1.10. The van der Waals surface area contributed by atoms with Gasteiger partial charge in [-0.15, -0.1) is 0 Å². The van der Waals surface area contributed by atoms with E-state index >= 15 is 0 Å². The molecule has 0 saturated heterocycles. The molecule has 2 nitrogen and oxygen atoms in total. The van der Waals surface area contributed by atoms with Gasteiger partial charge < -0.3 is 0 Å². The van der Waals surface area contributed by atoms with Gasteiger partial charge >= 0.3 is 0 Å². The van der Waals surface area contributed by atoms with E-state index in [1.807, 2.05) is 12.1 Å². The molecule has 78 valence electrons. The first-order valence-electron chi connectivity index (χ1n) is 4.48. The van der Waals surface area contributed by atoms with Crippen LogP contribution in [0.3, 0.4) is 0 Å². The first kappa shape index (κ1) is 10.9. The molecular formula is C12H6Cl2N2. The Bertz CT molecular complexity index is 536. The fourth-order valence-corrected chi connectivity index (χ4v) is 1.56. The average Bonchev–Trinajstić information content (AvgIpc) is 2.30. The highest BCUT2D eigenvalue weighted by Gasteiger charge is 2.01. The van der Waals surface area contributed by atoms with Crippen LogP contribution in [0, 0.1) is 11.8 Å². The summed E-state index contributed by atoms with van der Waals surface area (Å²) in [6.07, 6.45) is 6.40. The average molecular weight is 249 g/mol. The van der Waals surface area contributed by atoms with Gasteiger partial charge in [0.2, 0.25) is 0 Å². The molecule has 0 spiro atoms. The number of pyridine rings is 2. The second-order valence-corrected chi connectivity index (χ2v) is 3.78. The molecule has 4 heteroatoms. The number of hydrogen-bond donors (Lipinski definition) is 0. The topological polar surface area (TPSA) is 25.8 Å². The predicted molar refractivity (Wildman–Crippen MR) is 64.5 cm³/mol. The van der Waals surface area contributed by atoms with Gasteiger partial charge in [-0.25, -0.2) is 0 Å². The van der Waals surface area contributed by atoms with Gasteiger partial charge in [-0.3, -0.25) is 9.97 Å². The predicted octanol–water partition coefficient (Wildman–Crippen LogP) is 3.18. The van der Waals surface area contributed by atoms with Gasteiger partial charge in [0.1, 0.15) is 0 Å². The second kappa shape index (κ2) is 4.98. The zero-order valence-corrected chi connectivity index (χ0v) is 9.63. The molecule has 16 heavy (non-hydrogen) atoms. The second-order valence-electron chi connectivity index (χ2n) is 2.96. The lowest BCUT2D eigenvalue weighted by molar-refractivity contribution is 1.31. The molecule has 0 unspecified atom stereocenters. The number of nitrogens with zero attached hydrogens (tertiary/aromatic N) is 2. The van der Waals surface area contributed by atoms with Crippen LogP contribution < -0.4 is 0 Å². The van der Waals surface area contributed by atoms with Crippen molar-refractivity contribution in [1.82, 2.24) is 9.97 Å². The molecule has 2 rings (SSSR count). The molecule has 0 aliphatic heterocycles. The maximum absolute atomic E-state index is 5.93. The summed E-state index contributed by atoms with van der Waals surface area (Å²) in [5.41, 5.74) is 1.45. The van der Waals surface area contributed by atoms with Crippen LogP contribution in [0.5, 0.6) is 0 Å². The van der Waals surface area contributed by atoms with E-state index in [4.69, 9.17) is 23.2 Å². The summed E-state index contributed by atoms with van der Waals surface area (Å²) >= 11 is 11.9. The summed E-state index contributed by atoms with van der Waals surface area (Å²) in [5.74, 6) is 5.87. The van der Waals surface area contributed by atoms with E-state index in [9.17, 15) is 0 Å². The largest absolute Gasteiger partial charge is 0.265 e. The molecule has 0 aliphatic rings. The lowest BCUT2D eigenvalue weighted by atomic mass is 10.2. The van der Waals surface area contributed by atoms with Crippen LogP contribution in [0.2, 0.25) is 10.0 Å². The van der Waals surface area contributed by atoms with E-state index in [0.29, 0.717) is 15.6 Å².